The van der Waals surface area contributed by atoms with E-state index in [9.17, 15) is 14.4 Å². The van der Waals surface area contributed by atoms with Crippen molar-refractivity contribution in [3.63, 3.8) is 0 Å². The standard InChI is InChI=1S/C20H22N4O3/c1-23-17(25)20(18(26)24(2)19(23)27,9-3-15-5-11-21-12-6-15)10-4-16-7-13-22-14-8-16/h5-8,11-14H,3-4,9-10H2,1-2H3/p+2. The van der Waals surface area contributed by atoms with Crippen LogP contribution < -0.4 is 9.97 Å². The first-order valence-electron chi connectivity index (χ1n) is 8.96. The molecule has 1 saturated heterocycles. The highest BCUT2D eigenvalue weighted by molar-refractivity contribution is 6.18. The average molecular weight is 368 g/mol. The Morgan fingerprint density at radius 2 is 1.11 bits per heavy atom. The molecule has 0 aromatic carbocycles. The van der Waals surface area contributed by atoms with Crippen LogP contribution in [-0.2, 0) is 22.4 Å². The smallest absolute Gasteiger partial charge is 0.273 e. The van der Waals surface area contributed by atoms with Crippen LogP contribution in [0, 0.1) is 5.41 Å². The van der Waals surface area contributed by atoms with Crippen LogP contribution in [0.1, 0.15) is 24.0 Å². The van der Waals surface area contributed by atoms with Crippen LogP contribution >= 0.6 is 0 Å². The van der Waals surface area contributed by atoms with Crippen molar-refractivity contribution in [3.8, 4) is 0 Å². The van der Waals surface area contributed by atoms with Crippen LogP contribution in [0.25, 0.3) is 0 Å². The fourth-order valence-electron chi connectivity index (χ4n) is 3.58. The number of H-pyrrole nitrogens is 2. The Labute approximate surface area is 158 Å². The average Bonchev–Trinajstić information content (AvgIpc) is 2.72. The number of nitrogens with zero attached hydrogens (tertiary/aromatic N) is 2. The normalized spacial score (nSPS) is 16.7. The maximum Gasteiger partial charge on any atom is 0.332 e. The number of nitrogens with one attached hydrogen (secondary N) is 2. The highest BCUT2D eigenvalue weighted by Gasteiger charge is 2.54. The summed E-state index contributed by atoms with van der Waals surface area (Å²) in [5.41, 5.74) is 0.826. The van der Waals surface area contributed by atoms with E-state index in [1.807, 2.05) is 49.1 Å². The molecule has 27 heavy (non-hydrogen) atoms. The van der Waals surface area contributed by atoms with Gasteiger partial charge in [0, 0.05) is 38.4 Å². The van der Waals surface area contributed by atoms with Gasteiger partial charge in [-0.3, -0.25) is 19.4 Å². The van der Waals surface area contributed by atoms with E-state index in [0.29, 0.717) is 25.7 Å². The lowest BCUT2D eigenvalue weighted by Gasteiger charge is -2.41. The molecule has 2 aromatic rings. The molecule has 0 bridgehead atoms. The molecule has 0 spiro atoms. The van der Waals surface area contributed by atoms with Crippen LogP contribution in [0.4, 0.5) is 4.79 Å². The Morgan fingerprint density at radius 1 is 0.741 bits per heavy atom. The minimum atomic E-state index is -1.24. The van der Waals surface area contributed by atoms with Crippen molar-refractivity contribution in [1.29, 1.82) is 0 Å². The van der Waals surface area contributed by atoms with Crippen molar-refractivity contribution in [2.45, 2.75) is 25.7 Å². The van der Waals surface area contributed by atoms with Gasteiger partial charge in [-0.15, -0.1) is 0 Å². The van der Waals surface area contributed by atoms with E-state index in [1.54, 1.807) is 0 Å². The number of pyridine rings is 2. The molecule has 0 unspecified atom stereocenters. The summed E-state index contributed by atoms with van der Waals surface area (Å²) in [6.07, 6.45) is 9.12. The molecule has 7 nitrogen and oxygen atoms in total. The van der Waals surface area contributed by atoms with Crippen molar-refractivity contribution in [1.82, 2.24) is 9.80 Å². The summed E-state index contributed by atoms with van der Waals surface area (Å²) in [4.78, 5) is 46.5. The highest BCUT2D eigenvalue weighted by atomic mass is 16.2. The van der Waals surface area contributed by atoms with Gasteiger partial charge in [-0.2, -0.15) is 0 Å². The van der Waals surface area contributed by atoms with Gasteiger partial charge in [0.1, 0.15) is 5.41 Å². The van der Waals surface area contributed by atoms with Crippen molar-refractivity contribution in [2.24, 2.45) is 5.41 Å². The van der Waals surface area contributed by atoms with Crippen molar-refractivity contribution in [3.05, 3.63) is 60.2 Å². The molecule has 4 amide bonds. The predicted molar refractivity (Wildman–Crippen MR) is 96.0 cm³/mol. The molecular weight excluding hydrogens is 344 g/mol. The Kier molecular flexibility index (Phi) is 5.30. The molecule has 140 valence electrons. The Morgan fingerprint density at radius 3 is 1.48 bits per heavy atom. The van der Waals surface area contributed by atoms with Gasteiger partial charge in [0.15, 0.2) is 24.8 Å². The number of imide groups is 2. The molecule has 1 aliphatic rings. The van der Waals surface area contributed by atoms with Gasteiger partial charge in [0.25, 0.3) is 0 Å². The van der Waals surface area contributed by atoms with Gasteiger partial charge in [0.2, 0.25) is 11.8 Å². The molecule has 0 atom stereocenters. The van der Waals surface area contributed by atoms with Gasteiger partial charge in [-0.1, -0.05) is 0 Å². The summed E-state index contributed by atoms with van der Waals surface area (Å²) in [5, 5.41) is 0. The molecule has 1 aliphatic heterocycles. The fraction of sp³-hybridized carbons (Fsp3) is 0.350. The van der Waals surface area contributed by atoms with E-state index in [0.717, 1.165) is 20.9 Å². The van der Waals surface area contributed by atoms with Crippen molar-refractivity contribution < 1.29 is 24.4 Å². The third-order valence-corrected chi connectivity index (χ3v) is 5.26. The number of amides is 4. The zero-order chi connectivity index (χ0) is 19.4. The number of aryl methyl sites for hydroxylation is 2. The zero-order valence-corrected chi connectivity index (χ0v) is 15.6. The van der Waals surface area contributed by atoms with E-state index < -0.39 is 23.3 Å². The summed E-state index contributed by atoms with van der Waals surface area (Å²) in [7, 11) is 2.88. The topological polar surface area (TPSA) is 86.0 Å². The van der Waals surface area contributed by atoms with E-state index in [2.05, 4.69) is 9.97 Å². The molecule has 0 saturated carbocycles. The molecular formula is C20H24N4O3+2. The number of hydrogen-bond acceptors (Lipinski definition) is 3. The number of hydrogen-bond donors (Lipinski definition) is 0. The first-order chi connectivity index (χ1) is 13.0. The Balaban J connectivity index is 1.90. The van der Waals surface area contributed by atoms with Crippen LogP contribution in [0.3, 0.4) is 0 Å². The van der Waals surface area contributed by atoms with E-state index in [-0.39, 0.29) is 0 Å². The molecule has 2 aromatic heterocycles. The maximum atomic E-state index is 13.1. The molecule has 1 fully saturated rings. The number of carbonyl (C=O) groups is 3. The highest BCUT2D eigenvalue weighted by Crippen LogP contribution is 2.37. The van der Waals surface area contributed by atoms with Crippen LogP contribution in [0.15, 0.2) is 49.1 Å². The number of barbiturate groups is 1. The summed E-state index contributed by atoms with van der Waals surface area (Å²) in [5.74, 6) is -0.832. The van der Waals surface area contributed by atoms with Crippen LogP contribution in [0.2, 0.25) is 0 Å². The van der Waals surface area contributed by atoms with E-state index >= 15 is 0 Å². The predicted octanol–water partition coefficient (Wildman–Crippen LogP) is 0.917. The molecule has 0 radical (unpaired) electrons. The number of carbonyl (C=O) groups excluding carboxylic acids is 3. The number of urea groups is 1. The quantitative estimate of drug-likeness (QED) is 0.711. The second kappa shape index (κ2) is 7.65. The lowest BCUT2D eigenvalue weighted by molar-refractivity contribution is -0.378. The number of aromatic nitrogens is 2. The van der Waals surface area contributed by atoms with Gasteiger partial charge in [-0.05, 0) is 36.8 Å². The molecule has 0 aliphatic carbocycles. The minimum absolute atomic E-state index is 0.357. The van der Waals surface area contributed by atoms with E-state index in [4.69, 9.17) is 0 Å². The zero-order valence-electron chi connectivity index (χ0n) is 15.6. The molecule has 3 heterocycles. The van der Waals surface area contributed by atoms with Crippen LogP contribution in [-0.4, -0.2) is 41.7 Å². The third-order valence-electron chi connectivity index (χ3n) is 5.26. The molecule has 7 heteroatoms. The second-order valence-corrected chi connectivity index (χ2v) is 6.91. The van der Waals surface area contributed by atoms with Crippen molar-refractivity contribution >= 4 is 17.8 Å². The fourth-order valence-corrected chi connectivity index (χ4v) is 3.58. The maximum absolute atomic E-state index is 13.1. The Bertz CT molecular complexity index is 769. The molecule has 3 rings (SSSR count). The van der Waals surface area contributed by atoms with Crippen LogP contribution in [0.5, 0.6) is 0 Å². The summed E-state index contributed by atoms with van der Waals surface area (Å²) in [6.45, 7) is 0. The van der Waals surface area contributed by atoms with Gasteiger partial charge < -0.3 is 0 Å². The lowest BCUT2D eigenvalue weighted by atomic mass is 9.74. The van der Waals surface area contributed by atoms with Crippen molar-refractivity contribution in [2.75, 3.05) is 14.1 Å². The summed E-state index contributed by atoms with van der Waals surface area (Å²) < 4.78 is 0. The minimum Gasteiger partial charge on any atom is -0.273 e. The van der Waals surface area contributed by atoms with Gasteiger partial charge in [-0.25, -0.2) is 14.8 Å². The largest absolute Gasteiger partial charge is 0.332 e. The molecule has 2 N–H and O–H groups in total. The summed E-state index contributed by atoms with van der Waals surface area (Å²) in [6, 6.07) is 7.13. The first kappa shape index (κ1) is 18.7. The summed E-state index contributed by atoms with van der Waals surface area (Å²) >= 11 is 0. The monoisotopic (exact) mass is 368 g/mol. The Hall–Kier alpha value is -3.09. The number of aromatic amines is 2. The first-order valence-corrected chi connectivity index (χ1v) is 8.96. The number of rotatable bonds is 6. The lowest BCUT2D eigenvalue weighted by Crippen LogP contribution is -2.63. The SMILES string of the molecule is CN1C(=O)N(C)C(=O)C(CCc2cc[nH+]cc2)(CCc2cc[nH+]cc2)C1=O. The second-order valence-electron chi connectivity index (χ2n) is 6.91. The van der Waals surface area contributed by atoms with Gasteiger partial charge >= 0.3 is 6.03 Å². The third kappa shape index (κ3) is 3.58. The van der Waals surface area contributed by atoms with Gasteiger partial charge in [0.05, 0.1) is 0 Å². The van der Waals surface area contributed by atoms with E-state index in [1.165, 1.54) is 14.1 Å².